The van der Waals surface area contributed by atoms with Crippen LogP contribution in [0.25, 0.3) is 6.08 Å². The summed E-state index contributed by atoms with van der Waals surface area (Å²) in [6.45, 7) is 10.6. The molecule has 2 aromatic rings. The summed E-state index contributed by atoms with van der Waals surface area (Å²) in [5.74, 6) is -1.67. The van der Waals surface area contributed by atoms with Crippen molar-refractivity contribution >= 4 is 35.5 Å². The Balaban J connectivity index is 0.000000367. The molecule has 11 nitrogen and oxygen atoms in total. The number of benzene rings is 2. The van der Waals surface area contributed by atoms with Gasteiger partial charge in [-0.05, 0) is 87.3 Å². The van der Waals surface area contributed by atoms with Crippen molar-refractivity contribution in [3.63, 3.8) is 0 Å². The van der Waals surface area contributed by atoms with E-state index in [1.807, 2.05) is 58.0 Å². The third kappa shape index (κ3) is 14.9. The highest BCUT2D eigenvalue weighted by atomic mass is 19.1. The smallest absolute Gasteiger partial charge is 0.330 e. The third-order valence-electron chi connectivity index (χ3n) is 8.32. The summed E-state index contributed by atoms with van der Waals surface area (Å²) >= 11 is 0. The summed E-state index contributed by atoms with van der Waals surface area (Å²) in [4.78, 5) is 60.9. The van der Waals surface area contributed by atoms with Crippen molar-refractivity contribution in [3.05, 3.63) is 71.6 Å². The number of carboxylic acids is 1. The molecule has 1 amide bonds. The molecule has 0 saturated carbocycles. The Morgan fingerprint density at radius 3 is 2.28 bits per heavy atom. The van der Waals surface area contributed by atoms with Gasteiger partial charge in [0.1, 0.15) is 30.8 Å². The Kier molecular flexibility index (Phi) is 17.9. The van der Waals surface area contributed by atoms with Gasteiger partial charge in [-0.2, -0.15) is 0 Å². The van der Waals surface area contributed by atoms with E-state index < -0.39 is 35.1 Å². The van der Waals surface area contributed by atoms with Crippen molar-refractivity contribution in [1.82, 2.24) is 4.90 Å². The van der Waals surface area contributed by atoms with Crippen LogP contribution in [0.3, 0.4) is 0 Å². The number of methoxy groups -OCH3 is 2. The van der Waals surface area contributed by atoms with Gasteiger partial charge in [0.2, 0.25) is 5.78 Å². The van der Waals surface area contributed by atoms with E-state index in [9.17, 15) is 33.5 Å². The predicted octanol–water partition coefficient (Wildman–Crippen LogP) is 6.90. The number of Topliss-reactive ketones (excluding diaryl/α,β-unsaturated/α-hetero) is 2. The predicted molar refractivity (Wildman–Crippen MR) is 199 cm³/mol. The van der Waals surface area contributed by atoms with Gasteiger partial charge in [-0.1, -0.05) is 52.0 Å². The van der Waals surface area contributed by atoms with Crippen LogP contribution >= 0.6 is 0 Å². The minimum atomic E-state index is -1.22. The number of allylic oxidation sites excluding steroid dienone is 2. The van der Waals surface area contributed by atoms with Gasteiger partial charge < -0.3 is 29.0 Å². The van der Waals surface area contributed by atoms with E-state index in [4.69, 9.17) is 18.9 Å². The average Bonchev–Trinajstić information content (AvgIpc) is 3.12. The maximum atomic E-state index is 13.8. The molecule has 0 bridgehead atoms. The van der Waals surface area contributed by atoms with E-state index in [2.05, 4.69) is 0 Å². The molecule has 1 aliphatic rings. The first kappa shape index (κ1) is 44.2. The molecule has 1 atom stereocenters. The van der Waals surface area contributed by atoms with Crippen molar-refractivity contribution in [1.29, 1.82) is 0 Å². The lowest BCUT2D eigenvalue weighted by Crippen LogP contribution is -2.53. The van der Waals surface area contributed by atoms with Gasteiger partial charge in [-0.3, -0.25) is 14.4 Å². The van der Waals surface area contributed by atoms with Gasteiger partial charge in [0.15, 0.2) is 17.3 Å². The van der Waals surface area contributed by atoms with Crippen LogP contribution in [0.5, 0.6) is 17.2 Å². The zero-order valence-electron chi connectivity index (χ0n) is 32.1. The summed E-state index contributed by atoms with van der Waals surface area (Å²) < 4.78 is 34.8. The van der Waals surface area contributed by atoms with Crippen molar-refractivity contribution in [2.24, 2.45) is 17.3 Å². The zero-order valence-corrected chi connectivity index (χ0v) is 32.1. The second kappa shape index (κ2) is 21.5. The first-order valence-electron chi connectivity index (χ1n) is 17.7. The van der Waals surface area contributed by atoms with E-state index in [0.29, 0.717) is 48.8 Å². The quantitative estimate of drug-likeness (QED) is 0.103. The second-order valence-electron chi connectivity index (χ2n) is 14.1. The number of likely N-dealkylation sites (tertiary alicyclic amines) is 1. The van der Waals surface area contributed by atoms with E-state index in [1.54, 1.807) is 26.4 Å². The molecule has 1 N–H and O–H groups in total. The van der Waals surface area contributed by atoms with Crippen molar-refractivity contribution < 1.29 is 52.4 Å². The number of hydrogen-bond acceptors (Lipinski definition) is 9. The molecule has 1 aliphatic heterocycles. The summed E-state index contributed by atoms with van der Waals surface area (Å²) in [6, 6.07) is 9.12. The van der Waals surface area contributed by atoms with Gasteiger partial charge in [0.05, 0.1) is 19.6 Å². The summed E-state index contributed by atoms with van der Waals surface area (Å²) in [5.41, 5.74) is 0.487. The Hall–Kier alpha value is -5.00. The monoisotopic (exact) mass is 739 g/mol. The number of aliphatic carboxylic acids is 1. The molecule has 0 radical (unpaired) electrons. The molecule has 53 heavy (non-hydrogen) atoms. The van der Waals surface area contributed by atoms with Gasteiger partial charge in [0.25, 0.3) is 5.91 Å². The summed E-state index contributed by atoms with van der Waals surface area (Å²) in [5, 5.41) is 9.26. The van der Waals surface area contributed by atoms with Crippen molar-refractivity contribution in [2.45, 2.75) is 79.7 Å². The number of carboxylic acid groups (broad SMARTS) is 1. The maximum Gasteiger partial charge on any atom is 0.330 e. The van der Waals surface area contributed by atoms with Gasteiger partial charge in [-0.25, -0.2) is 14.0 Å². The topological polar surface area (TPSA) is 146 Å². The van der Waals surface area contributed by atoms with Crippen LogP contribution in [0.15, 0.2) is 54.6 Å². The lowest BCUT2D eigenvalue weighted by Gasteiger charge is -2.34. The molecule has 0 unspecified atom stereocenters. The number of ether oxygens (including phenoxy) is 4. The number of carbonyl (C=O) groups excluding carboxylic acids is 4. The van der Waals surface area contributed by atoms with E-state index in [0.717, 1.165) is 22.4 Å². The van der Waals surface area contributed by atoms with E-state index in [-0.39, 0.29) is 37.3 Å². The molecule has 12 heteroatoms. The molecule has 0 aliphatic carbocycles. The molecular weight excluding hydrogens is 685 g/mol. The SMILES string of the molecule is CC(C)C/C=C\C(=O)OCC(C)(C)C(=O)C(=O)N1CCCC[C@H]1C(=O)O.COc1ccc(/C=C/Cc2cc(F)cc(OCC(=O)C(C)C)c2)cc1OC. The van der Waals surface area contributed by atoms with Gasteiger partial charge in [-0.15, -0.1) is 0 Å². The molecule has 0 aromatic heterocycles. The Bertz CT molecular complexity index is 1630. The number of halogens is 1. The van der Waals surface area contributed by atoms with Crippen LogP contribution in [0, 0.1) is 23.1 Å². The minimum Gasteiger partial charge on any atom is -0.493 e. The van der Waals surface area contributed by atoms with Crippen LogP contribution in [0.4, 0.5) is 4.39 Å². The largest absolute Gasteiger partial charge is 0.493 e. The number of rotatable bonds is 17. The third-order valence-corrected chi connectivity index (χ3v) is 8.32. The lowest BCUT2D eigenvalue weighted by atomic mass is 9.87. The molecule has 3 rings (SSSR count). The number of amides is 1. The molecule has 1 saturated heterocycles. The fraction of sp³-hybridized carbons (Fsp3) is 0.488. The van der Waals surface area contributed by atoms with Crippen LogP contribution in [-0.4, -0.2) is 79.4 Å². The van der Waals surface area contributed by atoms with Gasteiger partial charge in [0, 0.05) is 24.6 Å². The Morgan fingerprint density at radius 2 is 1.66 bits per heavy atom. The summed E-state index contributed by atoms with van der Waals surface area (Å²) in [6.07, 6.45) is 9.85. The molecular formula is C41H54FNO10. The first-order valence-corrected chi connectivity index (χ1v) is 17.7. The summed E-state index contributed by atoms with van der Waals surface area (Å²) in [7, 11) is 3.18. The van der Waals surface area contributed by atoms with Crippen LogP contribution in [-0.2, 0) is 35.1 Å². The fourth-order valence-electron chi connectivity index (χ4n) is 5.08. The highest BCUT2D eigenvalue weighted by molar-refractivity contribution is 6.38. The van der Waals surface area contributed by atoms with Crippen LogP contribution < -0.4 is 14.2 Å². The molecule has 0 spiro atoms. The molecule has 1 heterocycles. The van der Waals surface area contributed by atoms with Crippen molar-refractivity contribution in [3.8, 4) is 17.2 Å². The molecule has 290 valence electrons. The number of nitrogens with zero attached hydrogens (tertiary/aromatic N) is 1. The Labute approximate surface area is 312 Å². The van der Waals surface area contributed by atoms with Crippen LogP contribution in [0.1, 0.15) is 78.4 Å². The Morgan fingerprint density at radius 1 is 0.962 bits per heavy atom. The average molecular weight is 740 g/mol. The van der Waals surface area contributed by atoms with E-state index in [1.165, 1.54) is 32.1 Å². The van der Waals surface area contributed by atoms with E-state index >= 15 is 0 Å². The minimum absolute atomic E-state index is 0.0193. The lowest BCUT2D eigenvalue weighted by molar-refractivity contribution is -0.159. The fourth-order valence-corrected chi connectivity index (χ4v) is 5.08. The van der Waals surface area contributed by atoms with Crippen LogP contribution in [0.2, 0.25) is 0 Å². The van der Waals surface area contributed by atoms with Crippen molar-refractivity contribution in [2.75, 3.05) is 34.0 Å². The number of hydrogen-bond donors (Lipinski definition) is 1. The zero-order chi connectivity index (χ0) is 39.7. The number of piperidine rings is 1. The normalized spacial score (nSPS) is 14.5. The molecule has 2 aromatic carbocycles. The number of carbonyl (C=O) groups is 5. The second-order valence-corrected chi connectivity index (χ2v) is 14.1. The number of esters is 1. The maximum absolute atomic E-state index is 13.8. The van der Waals surface area contributed by atoms with Gasteiger partial charge >= 0.3 is 11.9 Å². The highest BCUT2D eigenvalue weighted by Gasteiger charge is 2.41. The highest BCUT2D eigenvalue weighted by Crippen LogP contribution is 2.28. The molecule has 1 fully saturated rings. The number of ketones is 2. The first-order chi connectivity index (χ1) is 25.0. The standard InChI is InChI=1S/C22H25FO4.C19H29NO6/c1-15(2)20(24)14-27-19-11-17(10-18(23)13-19)7-5-6-16-8-9-21(25-3)22(12-16)26-4;1-13(2)8-7-10-15(21)26-12-19(3,4)16(22)17(23)20-11-6-5-9-14(20)18(24)25/h5-6,8-13,15H,7,14H2,1-4H3;7,10,13-14H,5-6,8-9,11-12H2,1-4H3,(H,24,25)/b6-5+;10-7-/t;14-/m.0/s1.